The van der Waals surface area contributed by atoms with Gasteiger partial charge in [0.1, 0.15) is 0 Å². The van der Waals surface area contributed by atoms with Gasteiger partial charge in [0.25, 0.3) is 0 Å². The van der Waals surface area contributed by atoms with Gasteiger partial charge in [0.15, 0.2) is 16.6 Å². The molecule has 0 N–H and O–H groups in total. The minimum Gasteiger partial charge on any atom is -0.408 e. The molecular formula is C26H42O2Si2. The van der Waals surface area contributed by atoms with Crippen LogP contribution in [-0.4, -0.2) is 16.6 Å². The van der Waals surface area contributed by atoms with Crippen LogP contribution in [0.1, 0.15) is 74.0 Å². The van der Waals surface area contributed by atoms with Gasteiger partial charge in [-0.1, -0.05) is 76.2 Å². The van der Waals surface area contributed by atoms with E-state index in [0.29, 0.717) is 11.8 Å². The van der Waals surface area contributed by atoms with Crippen LogP contribution in [0.3, 0.4) is 0 Å². The molecule has 30 heavy (non-hydrogen) atoms. The Morgan fingerprint density at radius 1 is 0.467 bits per heavy atom. The molecule has 0 amide bonds. The highest BCUT2D eigenvalue weighted by Crippen LogP contribution is 2.40. The largest absolute Gasteiger partial charge is 0.408 e. The third kappa shape index (κ3) is 7.49. The Labute approximate surface area is 187 Å². The molecule has 2 nitrogen and oxygen atoms in total. The number of rotatable bonds is 9. The van der Waals surface area contributed by atoms with E-state index in [-0.39, 0.29) is 12.2 Å². The fraction of sp³-hybridized carbons (Fsp3) is 0.538. The average Bonchev–Trinajstić information content (AvgIpc) is 2.63. The van der Waals surface area contributed by atoms with Crippen LogP contribution in [0, 0.1) is 0 Å². The Balaban J connectivity index is 2.53. The highest BCUT2D eigenvalue weighted by atomic mass is 28.4. The van der Waals surface area contributed by atoms with Crippen LogP contribution in [0.15, 0.2) is 48.5 Å². The lowest BCUT2D eigenvalue weighted by Crippen LogP contribution is -2.36. The van der Waals surface area contributed by atoms with Crippen molar-refractivity contribution in [1.82, 2.24) is 0 Å². The van der Waals surface area contributed by atoms with E-state index in [2.05, 4.69) is 116 Å². The highest BCUT2D eigenvalue weighted by molar-refractivity contribution is 6.70. The first-order valence-corrected chi connectivity index (χ1v) is 18.1. The van der Waals surface area contributed by atoms with E-state index in [1.807, 2.05) is 0 Å². The third-order valence-corrected chi connectivity index (χ3v) is 7.02. The van der Waals surface area contributed by atoms with Gasteiger partial charge in [-0.3, -0.25) is 0 Å². The SMILES string of the molecule is CC(C)c1ccc([C@@H](O[Si](C)(C)C)[C@H](O[Si](C)(C)C)c2ccc(C(C)C)cc2)cc1. The Hall–Kier alpha value is -1.21. The predicted octanol–water partition coefficient (Wildman–Crippen LogP) is 8.42. The fourth-order valence-corrected chi connectivity index (χ4v) is 5.56. The zero-order valence-corrected chi connectivity index (χ0v) is 22.7. The molecule has 0 unspecified atom stereocenters. The molecule has 0 aliphatic heterocycles. The van der Waals surface area contributed by atoms with Gasteiger partial charge in [-0.15, -0.1) is 0 Å². The molecular weight excluding hydrogens is 400 g/mol. The topological polar surface area (TPSA) is 18.5 Å². The van der Waals surface area contributed by atoms with Crippen LogP contribution >= 0.6 is 0 Å². The van der Waals surface area contributed by atoms with Gasteiger partial charge in [0.05, 0.1) is 12.2 Å². The number of hydrogen-bond acceptors (Lipinski definition) is 2. The van der Waals surface area contributed by atoms with E-state index in [1.165, 1.54) is 22.3 Å². The maximum atomic E-state index is 6.80. The molecule has 2 aromatic rings. The molecule has 0 heterocycles. The number of benzene rings is 2. The highest BCUT2D eigenvalue weighted by Gasteiger charge is 2.34. The second kappa shape index (κ2) is 9.94. The molecule has 0 bridgehead atoms. The van der Waals surface area contributed by atoms with E-state index in [0.717, 1.165) is 0 Å². The maximum Gasteiger partial charge on any atom is 0.184 e. The van der Waals surface area contributed by atoms with Crippen LogP contribution in [0.4, 0.5) is 0 Å². The molecule has 0 fully saturated rings. The second-order valence-electron chi connectivity index (χ2n) is 10.9. The Morgan fingerprint density at radius 2 is 0.700 bits per heavy atom. The molecule has 166 valence electrons. The van der Waals surface area contributed by atoms with Crippen LogP contribution in [-0.2, 0) is 8.85 Å². The van der Waals surface area contributed by atoms with Crippen LogP contribution in [0.2, 0.25) is 39.3 Å². The minimum atomic E-state index is -1.80. The van der Waals surface area contributed by atoms with E-state index < -0.39 is 16.6 Å². The summed E-state index contributed by atoms with van der Waals surface area (Å²) >= 11 is 0. The molecule has 2 rings (SSSR count). The van der Waals surface area contributed by atoms with Crippen molar-refractivity contribution in [2.45, 2.75) is 91.0 Å². The van der Waals surface area contributed by atoms with Crippen molar-refractivity contribution in [3.8, 4) is 0 Å². The summed E-state index contributed by atoms with van der Waals surface area (Å²) in [5.74, 6) is 1.04. The molecule has 0 saturated carbocycles. The van der Waals surface area contributed by atoms with Crippen molar-refractivity contribution in [2.75, 3.05) is 0 Å². The van der Waals surface area contributed by atoms with Crippen molar-refractivity contribution in [1.29, 1.82) is 0 Å². The Morgan fingerprint density at radius 3 is 0.900 bits per heavy atom. The zero-order chi connectivity index (χ0) is 22.7. The normalized spacial score (nSPS) is 14.9. The van der Waals surface area contributed by atoms with Crippen molar-refractivity contribution < 1.29 is 8.85 Å². The summed E-state index contributed by atoms with van der Waals surface area (Å²) < 4.78 is 13.6. The summed E-state index contributed by atoms with van der Waals surface area (Å²) in [6, 6.07) is 17.9. The van der Waals surface area contributed by atoms with Crippen molar-refractivity contribution in [2.24, 2.45) is 0 Å². The van der Waals surface area contributed by atoms with E-state index in [9.17, 15) is 0 Å². The summed E-state index contributed by atoms with van der Waals surface area (Å²) in [7, 11) is -3.61. The van der Waals surface area contributed by atoms with Gasteiger partial charge in [-0.05, 0) is 73.4 Å². The summed E-state index contributed by atoms with van der Waals surface area (Å²) in [4.78, 5) is 0. The summed E-state index contributed by atoms with van der Waals surface area (Å²) in [6.07, 6.45) is -0.205. The van der Waals surface area contributed by atoms with Gasteiger partial charge < -0.3 is 8.85 Å². The van der Waals surface area contributed by atoms with E-state index in [4.69, 9.17) is 8.85 Å². The van der Waals surface area contributed by atoms with Crippen molar-refractivity contribution in [3.63, 3.8) is 0 Å². The van der Waals surface area contributed by atoms with Crippen molar-refractivity contribution in [3.05, 3.63) is 70.8 Å². The van der Waals surface area contributed by atoms with Crippen LogP contribution in [0.25, 0.3) is 0 Å². The molecule has 0 spiro atoms. The second-order valence-corrected chi connectivity index (χ2v) is 19.9. The molecule has 4 heteroatoms. The Bertz CT molecular complexity index is 712. The quantitative estimate of drug-likeness (QED) is 0.363. The minimum absolute atomic E-state index is 0.102. The summed E-state index contributed by atoms with van der Waals surface area (Å²) in [5, 5.41) is 0. The first-order chi connectivity index (χ1) is 13.8. The average molecular weight is 443 g/mol. The molecule has 0 aromatic heterocycles. The van der Waals surface area contributed by atoms with Crippen LogP contribution in [0.5, 0.6) is 0 Å². The smallest absolute Gasteiger partial charge is 0.184 e. The Kier molecular flexibility index (Phi) is 8.31. The maximum absolute atomic E-state index is 6.80. The molecule has 0 saturated heterocycles. The summed E-state index contributed by atoms with van der Waals surface area (Å²) in [5.41, 5.74) is 5.12. The van der Waals surface area contributed by atoms with Crippen LogP contribution < -0.4 is 0 Å². The standard InChI is InChI=1S/C26H42O2Si2/c1-19(2)21-11-15-23(16-12-21)25(27-29(5,6)7)26(28-30(8,9)10)24-17-13-22(14-18-24)20(3)4/h11-20,25-26H,1-10H3/t25-,26-/m1/s1. The molecule has 0 aliphatic rings. The molecule has 0 aliphatic carbocycles. The van der Waals surface area contributed by atoms with Crippen molar-refractivity contribution >= 4 is 16.6 Å². The van der Waals surface area contributed by atoms with Gasteiger partial charge in [0, 0.05) is 0 Å². The van der Waals surface area contributed by atoms with E-state index in [1.54, 1.807) is 0 Å². The zero-order valence-electron chi connectivity index (χ0n) is 20.7. The lowest BCUT2D eigenvalue weighted by atomic mass is 9.94. The first-order valence-electron chi connectivity index (χ1n) is 11.3. The van der Waals surface area contributed by atoms with Gasteiger partial charge in [-0.2, -0.15) is 0 Å². The number of hydrogen-bond donors (Lipinski definition) is 0. The monoisotopic (exact) mass is 442 g/mol. The molecule has 2 atom stereocenters. The lowest BCUT2D eigenvalue weighted by Gasteiger charge is -2.37. The summed E-state index contributed by atoms with van der Waals surface area (Å²) in [6.45, 7) is 22.5. The molecule has 0 radical (unpaired) electrons. The lowest BCUT2D eigenvalue weighted by molar-refractivity contribution is 0.0420. The fourth-order valence-electron chi connectivity index (χ4n) is 3.51. The third-order valence-electron chi connectivity index (χ3n) is 5.10. The first kappa shape index (κ1) is 25.1. The van der Waals surface area contributed by atoms with Gasteiger partial charge in [0.2, 0.25) is 0 Å². The predicted molar refractivity (Wildman–Crippen MR) is 135 cm³/mol. The van der Waals surface area contributed by atoms with Gasteiger partial charge >= 0.3 is 0 Å². The molecule has 2 aromatic carbocycles. The van der Waals surface area contributed by atoms with Gasteiger partial charge in [-0.25, -0.2) is 0 Å². The van der Waals surface area contributed by atoms with E-state index >= 15 is 0 Å².